The molecule has 0 saturated carbocycles. The summed E-state index contributed by atoms with van der Waals surface area (Å²) in [6.45, 7) is 0.379. The van der Waals surface area contributed by atoms with Crippen molar-refractivity contribution >= 4 is 35.4 Å². The van der Waals surface area contributed by atoms with Crippen molar-refractivity contribution < 1.29 is 19.8 Å². The van der Waals surface area contributed by atoms with E-state index in [2.05, 4.69) is 0 Å². The first kappa shape index (κ1) is 13.0. The van der Waals surface area contributed by atoms with Crippen LogP contribution in [0.3, 0.4) is 0 Å². The Labute approximate surface area is 107 Å². The van der Waals surface area contributed by atoms with Crippen molar-refractivity contribution in [3.05, 3.63) is 0 Å². The molecule has 0 aromatic rings. The number of nitrogens with zero attached hydrogens (tertiary/aromatic N) is 1. The molecule has 0 bridgehead atoms. The van der Waals surface area contributed by atoms with E-state index in [1.807, 2.05) is 0 Å². The molecule has 0 radical (unpaired) electrons. The second-order valence-corrected chi connectivity index (χ2v) is 7.03. The molecule has 2 saturated heterocycles. The Hall–Kier alpha value is -0.440. The van der Waals surface area contributed by atoms with Crippen LogP contribution in [0.5, 0.6) is 0 Å². The van der Waals surface area contributed by atoms with Gasteiger partial charge in [0.15, 0.2) is 4.08 Å². The van der Waals surface area contributed by atoms with Crippen LogP contribution in [-0.2, 0) is 9.59 Å². The lowest BCUT2D eigenvalue weighted by atomic mass is 9.99. The molecule has 3 atom stereocenters. The highest BCUT2D eigenvalue weighted by Crippen LogP contribution is 2.54. The molecule has 2 rings (SSSR count). The highest BCUT2D eigenvalue weighted by Gasteiger charge is 2.61. The van der Waals surface area contributed by atoms with Gasteiger partial charge in [-0.15, -0.1) is 23.5 Å². The maximum Gasteiger partial charge on any atom is 0.332 e. The van der Waals surface area contributed by atoms with E-state index < -0.39 is 16.0 Å². The molecule has 0 spiro atoms. The molecule has 8 heteroatoms. The number of β-lactam (4-membered cyclic amide) rings is 1. The lowest BCUT2D eigenvalue weighted by molar-refractivity contribution is -0.152. The molecule has 2 aliphatic heterocycles. The Morgan fingerprint density at radius 3 is 2.94 bits per heavy atom. The third-order valence-corrected chi connectivity index (χ3v) is 6.28. The third-order valence-electron chi connectivity index (χ3n) is 2.92. The van der Waals surface area contributed by atoms with Gasteiger partial charge in [0.1, 0.15) is 0 Å². The number of nitrogens with two attached hydrogens (primary N) is 1. The number of aliphatic hydroxyl groups is 1. The fourth-order valence-corrected chi connectivity index (χ4v) is 5.01. The number of rotatable bonds is 5. The van der Waals surface area contributed by atoms with Gasteiger partial charge in [0.25, 0.3) is 0 Å². The average molecular weight is 278 g/mol. The standard InChI is InChI=1S/C9H14N2O4S2/c10-1-2-16-9(8(14)15)4-11-6(13)5(3-12)7(11)17-9/h5,7,12H,1-4,10H2,(H,14,15)/t5?,7-,9?/m1/s1. The monoisotopic (exact) mass is 278 g/mol. The van der Waals surface area contributed by atoms with Crippen molar-refractivity contribution in [3.8, 4) is 0 Å². The highest BCUT2D eigenvalue weighted by atomic mass is 32.2. The quantitative estimate of drug-likeness (QED) is 0.553. The first-order valence-corrected chi connectivity index (χ1v) is 7.09. The van der Waals surface area contributed by atoms with Gasteiger partial charge < -0.3 is 20.8 Å². The topological polar surface area (TPSA) is 104 Å². The van der Waals surface area contributed by atoms with E-state index in [1.165, 1.54) is 28.4 Å². The van der Waals surface area contributed by atoms with Crippen LogP contribution in [0.4, 0.5) is 0 Å². The zero-order valence-corrected chi connectivity index (χ0v) is 10.7. The molecule has 4 N–H and O–H groups in total. The Bertz CT molecular complexity index is 354. The van der Waals surface area contributed by atoms with E-state index in [1.54, 1.807) is 0 Å². The van der Waals surface area contributed by atoms with Gasteiger partial charge in [0, 0.05) is 12.3 Å². The number of aliphatic carboxylic acids is 1. The number of amides is 1. The largest absolute Gasteiger partial charge is 0.480 e. The number of aliphatic hydroxyl groups excluding tert-OH is 1. The molecule has 6 nitrogen and oxygen atoms in total. The molecule has 2 unspecified atom stereocenters. The smallest absolute Gasteiger partial charge is 0.332 e. The number of thioether (sulfide) groups is 2. The van der Waals surface area contributed by atoms with Gasteiger partial charge in [-0.05, 0) is 0 Å². The van der Waals surface area contributed by atoms with Crippen LogP contribution >= 0.6 is 23.5 Å². The number of carboxylic acid groups (broad SMARTS) is 1. The van der Waals surface area contributed by atoms with E-state index in [4.69, 9.17) is 10.8 Å². The number of carboxylic acids is 1. The molecule has 1 amide bonds. The predicted molar refractivity (Wildman–Crippen MR) is 65.5 cm³/mol. The summed E-state index contributed by atoms with van der Waals surface area (Å²) in [5, 5.41) is 18.2. The average Bonchev–Trinajstić information content (AvgIpc) is 2.64. The van der Waals surface area contributed by atoms with E-state index in [0.29, 0.717) is 12.3 Å². The third kappa shape index (κ3) is 1.92. The van der Waals surface area contributed by atoms with Gasteiger partial charge in [-0.25, -0.2) is 4.79 Å². The summed E-state index contributed by atoms with van der Waals surface area (Å²) in [6, 6.07) is 0. The number of fused-ring (bicyclic) bond motifs is 1. The highest BCUT2D eigenvalue weighted by molar-refractivity contribution is 8.19. The van der Waals surface area contributed by atoms with Crippen LogP contribution in [0, 0.1) is 5.92 Å². The lowest BCUT2D eigenvalue weighted by Crippen LogP contribution is -2.58. The van der Waals surface area contributed by atoms with Gasteiger partial charge in [-0.3, -0.25) is 4.79 Å². The van der Waals surface area contributed by atoms with Crippen LogP contribution in [0.15, 0.2) is 0 Å². The number of hydrogen-bond donors (Lipinski definition) is 3. The molecule has 0 aromatic heterocycles. The first-order chi connectivity index (χ1) is 8.05. The van der Waals surface area contributed by atoms with Gasteiger partial charge in [-0.1, -0.05) is 0 Å². The van der Waals surface area contributed by atoms with Crippen LogP contribution in [0.1, 0.15) is 0 Å². The normalized spacial score (nSPS) is 35.6. The summed E-state index contributed by atoms with van der Waals surface area (Å²) >= 11 is 2.51. The molecular formula is C9H14N2O4S2. The van der Waals surface area contributed by atoms with Crippen LogP contribution in [0.25, 0.3) is 0 Å². The van der Waals surface area contributed by atoms with E-state index in [9.17, 15) is 14.7 Å². The Balaban J connectivity index is 2.12. The summed E-state index contributed by atoms with van der Waals surface area (Å²) in [4.78, 5) is 24.5. The fourth-order valence-electron chi connectivity index (χ4n) is 2.02. The summed E-state index contributed by atoms with van der Waals surface area (Å²) in [5.41, 5.74) is 5.39. The number of carbonyl (C=O) groups excluding carboxylic acids is 1. The first-order valence-electron chi connectivity index (χ1n) is 5.22. The predicted octanol–water partition coefficient (Wildman–Crippen LogP) is -1.02. The minimum atomic E-state index is -1.02. The van der Waals surface area contributed by atoms with Crippen molar-refractivity contribution in [1.29, 1.82) is 0 Å². The van der Waals surface area contributed by atoms with E-state index in [0.717, 1.165) is 0 Å². The summed E-state index contributed by atoms with van der Waals surface area (Å²) in [5.74, 6) is -0.987. The zero-order valence-electron chi connectivity index (χ0n) is 9.04. The second kappa shape index (κ2) is 4.68. The molecular weight excluding hydrogens is 264 g/mol. The van der Waals surface area contributed by atoms with Crippen LogP contribution < -0.4 is 5.73 Å². The lowest BCUT2D eigenvalue weighted by Gasteiger charge is -2.40. The second-order valence-electron chi connectivity index (χ2n) is 3.96. The maximum absolute atomic E-state index is 11.6. The molecule has 0 aromatic carbocycles. The minimum Gasteiger partial charge on any atom is -0.480 e. The fraction of sp³-hybridized carbons (Fsp3) is 0.778. The van der Waals surface area contributed by atoms with Gasteiger partial charge in [0.05, 0.1) is 24.4 Å². The number of hydrogen-bond acceptors (Lipinski definition) is 6. The summed E-state index contributed by atoms with van der Waals surface area (Å²) in [6.07, 6.45) is 0. The molecule has 17 heavy (non-hydrogen) atoms. The van der Waals surface area contributed by atoms with Crippen LogP contribution in [0.2, 0.25) is 0 Å². The van der Waals surface area contributed by atoms with Crippen molar-refractivity contribution in [2.45, 2.75) is 9.45 Å². The number of carbonyl (C=O) groups is 2. The van der Waals surface area contributed by atoms with Crippen molar-refractivity contribution in [2.24, 2.45) is 11.7 Å². The SMILES string of the molecule is NCCSC1(C(=O)O)CN2C(=O)C(CO)[C@H]2S1. The maximum atomic E-state index is 11.6. The van der Waals surface area contributed by atoms with Crippen LogP contribution in [-0.4, -0.2) is 61.9 Å². The molecule has 2 aliphatic rings. The molecule has 2 heterocycles. The zero-order chi connectivity index (χ0) is 12.6. The molecule has 0 aliphatic carbocycles. The molecule has 2 fully saturated rings. The van der Waals surface area contributed by atoms with Gasteiger partial charge in [-0.2, -0.15) is 0 Å². The summed E-state index contributed by atoms with van der Waals surface area (Å²) in [7, 11) is 0. The van der Waals surface area contributed by atoms with Crippen molar-refractivity contribution in [1.82, 2.24) is 4.90 Å². The van der Waals surface area contributed by atoms with Crippen molar-refractivity contribution in [3.63, 3.8) is 0 Å². The Morgan fingerprint density at radius 2 is 2.41 bits per heavy atom. The van der Waals surface area contributed by atoms with E-state index >= 15 is 0 Å². The van der Waals surface area contributed by atoms with Gasteiger partial charge in [0.2, 0.25) is 5.91 Å². The van der Waals surface area contributed by atoms with Crippen molar-refractivity contribution in [2.75, 3.05) is 25.4 Å². The Kier molecular flexibility index (Phi) is 3.58. The summed E-state index contributed by atoms with van der Waals surface area (Å²) < 4.78 is -1.02. The Morgan fingerprint density at radius 1 is 1.71 bits per heavy atom. The molecule has 96 valence electrons. The van der Waals surface area contributed by atoms with E-state index in [-0.39, 0.29) is 24.4 Å². The van der Waals surface area contributed by atoms with Gasteiger partial charge >= 0.3 is 5.97 Å². The minimum absolute atomic E-state index is 0.151.